The molecular formula is C52H115F2NO12. The van der Waals surface area contributed by atoms with Crippen LogP contribution in [0.25, 0.3) is 0 Å². The Morgan fingerprint density at radius 3 is 1.07 bits per heavy atom. The molecule has 0 aliphatic carbocycles. The van der Waals surface area contributed by atoms with Crippen LogP contribution in [0, 0.1) is 52.8 Å². The molecule has 0 bridgehead atoms. The van der Waals surface area contributed by atoms with E-state index < -0.39 is 61.2 Å². The molecule has 0 aromatic heterocycles. The third-order valence-electron chi connectivity index (χ3n) is 11.0. The molecular weight excluding hydrogens is 869 g/mol. The van der Waals surface area contributed by atoms with Gasteiger partial charge in [-0.15, -0.1) is 0 Å². The highest BCUT2D eigenvalue weighted by molar-refractivity contribution is 5.89. The number of nitrogens with zero attached hydrogens (tertiary/aromatic N) is 1. The van der Waals surface area contributed by atoms with Gasteiger partial charge in [-0.05, 0) is 86.4 Å². The zero-order chi connectivity index (χ0) is 54.6. The molecule has 0 spiro atoms. The summed E-state index contributed by atoms with van der Waals surface area (Å²) >= 11 is 0. The average molecular weight is 984 g/mol. The van der Waals surface area contributed by atoms with Gasteiger partial charge in [-0.1, -0.05) is 165 Å². The molecule has 0 amide bonds. The Hall–Kier alpha value is -1.40. The van der Waals surface area contributed by atoms with Crippen LogP contribution in [0.1, 0.15) is 205 Å². The number of oxime groups is 1. The first-order chi connectivity index (χ1) is 29.7. The van der Waals surface area contributed by atoms with E-state index in [0.29, 0.717) is 36.5 Å². The van der Waals surface area contributed by atoms with E-state index in [1.165, 1.54) is 13.8 Å². The largest absolute Gasteiger partial charge is 0.411 e. The van der Waals surface area contributed by atoms with E-state index in [1.807, 2.05) is 69.2 Å². The molecule has 0 rings (SSSR count). The van der Waals surface area contributed by atoms with Gasteiger partial charge in [0.05, 0.1) is 48.9 Å². The van der Waals surface area contributed by atoms with Crippen molar-refractivity contribution in [3.8, 4) is 0 Å². The lowest BCUT2D eigenvalue weighted by atomic mass is 9.74. The van der Waals surface area contributed by atoms with Crippen LogP contribution in [0.5, 0.6) is 0 Å². The molecule has 0 fully saturated rings. The van der Waals surface area contributed by atoms with Crippen LogP contribution in [0.4, 0.5) is 8.78 Å². The van der Waals surface area contributed by atoms with Crippen molar-refractivity contribution in [2.75, 3.05) is 6.61 Å². The smallest absolute Gasteiger partial charge is 0.275 e. The molecule has 9 atom stereocenters. The maximum absolute atomic E-state index is 12.7. The molecule has 15 heteroatoms. The number of alkyl halides is 2. The first-order valence-electron chi connectivity index (χ1n) is 24.6. The Kier molecular flexibility index (Phi) is 56.3. The van der Waals surface area contributed by atoms with E-state index in [2.05, 4.69) is 32.9 Å². The maximum Gasteiger partial charge on any atom is 0.275 e. The summed E-state index contributed by atoms with van der Waals surface area (Å²) in [7, 11) is 0. The molecule has 0 aromatic carbocycles. The fraction of sp³-hybridized carbons (Fsp3) is 0.962. The number of rotatable bonds is 21. The lowest BCUT2D eigenvalue weighted by Gasteiger charge is -2.36. The SMILES string of the molecule is C.CC(C)/C(=N/O)C(O)CO.CC(C)CC(O)C(C)C.CC(O)C(O)C(C)(C)C(C)C.CCC(O)C(=O)C(C)C.CCC(O)C(F)(F)C(C)C.CCC(O)C(O)C(C)C.CCC(O)CC(C)C. The molecule has 0 aromatic rings. The van der Waals surface area contributed by atoms with Crippen LogP contribution in [-0.4, -0.2) is 135 Å². The van der Waals surface area contributed by atoms with Gasteiger partial charge >= 0.3 is 0 Å². The minimum Gasteiger partial charge on any atom is -0.411 e. The number of hydrogen-bond donors (Lipinski definition) is 11. The number of aliphatic hydroxyl groups is 10. The zero-order valence-corrected chi connectivity index (χ0v) is 46.3. The van der Waals surface area contributed by atoms with Gasteiger partial charge in [0.25, 0.3) is 5.92 Å². The van der Waals surface area contributed by atoms with Crippen molar-refractivity contribution < 1.29 is 69.8 Å². The fourth-order valence-corrected chi connectivity index (χ4v) is 5.02. The summed E-state index contributed by atoms with van der Waals surface area (Å²) in [6.07, 6.45) is -1.84. The van der Waals surface area contributed by atoms with Crippen LogP contribution in [0.3, 0.4) is 0 Å². The number of ketones is 1. The Labute approximate surface area is 410 Å². The van der Waals surface area contributed by atoms with Gasteiger partial charge in [-0.25, -0.2) is 8.78 Å². The summed E-state index contributed by atoms with van der Waals surface area (Å²) in [5, 5.41) is 102. The second-order valence-corrected chi connectivity index (χ2v) is 20.6. The van der Waals surface area contributed by atoms with Crippen LogP contribution in [-0.2, 0) is 4.79 Å². The summed E-state index contributed by atoms with van der Waals surface area (Å²) in [6.45, 7) is 42.8. The lowest BCUT2D eigenvalue weighted by Crippen LogP contribution is -2.41. The Morgan fingerprint density at radius 1 is 0.552 bits per heavy atom. The highest BCUT2D eigenvalue weighted by Crippen LogP contribution is 2.32. The number of halogens is 2. The maximum atomic E-state index is 12.7. The summed E-state index contributed by atoms with van der Waals surface area (Å²) in [4.78, 5) is 10.8. The predicted molar refractivity (Wildman–Crippen MR) is 276 cm³/mol. The normalized spacial score (nSPS) is 15.8. The molecule has 0 saturated heterocycles. The van der Waals surface area contributed by atoms with Crippen molar-refractivity contribution in [3.05, 3.63) is 0 Å². The average Bonchev–Trinajstić information content (AvgIpc) is 3.22. The van der Waals surface area contributed by atoms with Crippen LogP contribution in [0.2, 0.25) is 0 Å². The number of aliphatic hydroxyl groups excluding tert-OH is 10. The third kappa shape index (κ3) is 45.5. The van der Waals surface area contributed by atoms with E-state index in [0.717, 1.165) is 19.3 Å². The molecule has 414 valence electrons. The van der Waals surface area contributed by atoms with E-state index in [-0.39, 0.29) is 60.7 Å². The van der Waals surface area contributed by atoms with Crippen LogP contribution < -0.4 is 0 Å². The molecule has 13 nitrogen and oxygen atoms in total. The molecule has 0 heterocycles. The van der Waals surface area contributed by atoms with Crippen molar-refractivity contribution >= 4 is 11.5 Å². The second kappa shape index (κ2) is 45.7. The number of hydrogen-bond acceptors (Lipinski definition) is 13. The highest BCUT2D eigenvalue weighted by Gasteiger charge is 2.40. The molecule has 0 radical (unpaired) electrons. The van der Waals surface area contributed by atoms with Crippen molar-refractivity contribution in [2.45, 2.75) is 266 Å². The van der Waals surface area contributed by atoms with Crippen molar-refractivity contribution in [1.29, 1.82) is 0 Å². The molecule has 0 aliphatic rings. The summed E-state index contributed by atoms with van der Waals surface area (Å²) in [6, 6.07) is 0. The first-order valence-corrected chi connectivity index (χ1v) is 24.6. The van der Waals surface area contributed by atoms with Crippen LogP contribution >= 0.6 is 0 Å². The summed E-state index contributed by atoms with van der Waals surface area (Å²) in [5.74, 6) is -1.70. The van der Waals surface area contributed by atoms with Crippen molar-refractivity contribution in [2.24, 2.45) is 57.9 Å². The van der Waals surface area contributed by atoms with Gasteiger partial charge < -0.3 is 56.3 Å². The molecule has 11 N–H and O–H groups in total. The van der Waals surface area contributed by atoms with Crippen LogP contribution in [0.15, 0.2) is 5.16 Å². The first kappa shape index (κ1) is 82.5. The molecule has 9 unspecified atom stereocenters. The second-order valence-electron chi connectivity index (χ2n) is 20.6. The van der Waals surface area contributed by atoms with Crippen molar-refractivity contribution in [1.82, 2.24) is 0 Å². The Morgan fingerprint density at radius 2 is 0.970 bits per heavy atom. The quantitative estimate of drug-likeness (QED) is 0.0292. The lowest BCUT2D eigenvalue weighted by molar-refractivity contribution is -0.139. The van der Waals surface area contributed by atoms with Gasteiger partial charge in [0, 0.05) is 11.8 Å². The third-order valence-corrected chi connectivity index (χ3v) is 11.0. The van der Waals surface area contributed by atoms with Gasteiger partial charge in [-0.3, -0.25) is 4.79 Å². The van der Waals surface area contributed by atoms with E-state index >= 15 is 0 Å². The molecule has 0 aliphatic heterocycles. The zero-order valence-electron chi connectivity index (χ0n) is 46.3. The Bertz CT molecular complexity index is 1100. The monoisotopic (exact) mass is 984 g/mol. The van der Waals surface area contributed by atoms with Gasteiger partial charge in [0.2, 0.25) is 0 Å². The van der Waals surface area contributed by atoms with E-state index in [9.17, 15) is 23.8 Å². The van der Waals surface area contributed by atoms with Gasteiger partial charge in [0.15, 0.2) is 5.78 Å². The highest BCUT2D eigenvalue weighted by atomic mass is 19.3. The predicted octanol–water partition coefficient (Wildman–Crippen LogP) is 9.53. The molecule has 67 heavy (non-hydrogen) atoms. The summed E-state index contributed by atoms with van der Waals surface area (Å²) < 4.78 is 25.4. The molecule has 0 saturated carbocycles. The number of carbonyl (C=O) groups is 1. The minimum atomic E-state index is -2.94. The van der Waals surface area contributed by atoms with Gasteiger partial charge in [-0.2, -0.15) is 0 Å². The van der Waals surface area contributed by atoms with Crippen molar-refractivity contribution in [3.63, 3.8) is 0 Å². The van der Waals surface area contributed by atoms with E-state index in [1.54, 1.807) is 48.5 Å². The number of Topliss-reactive ketones (excluding diaryl/α,β-unsaturated/α-hetero) is 1. The van der Waals surface area contributed by atoms with Gasteiger partial charge in [0.1, 0.15) is 18.3 Å². The minimum absolute atomic E-state index is 0. The fourth-order valence-electron chi connectivity index (χ4n) is 5.02. The van der Waals surface area contributed by atoms with E-state index in [4.69, 9.17) is 46.1 Å². The standard InChI is InChI=1S/C9H20O2.C8H18O.C7H14F2O.C7H16O2.C7H14O2.C7H16O.C6H13NO3.CH4/c1-6(2)9(4,5)8(11)7(3)10;1-6(2)5-8(9)7(3)4;1-4-6(10)7(8,9)5(2)3;2*1-4-6(8)7(9)5(2)3;1-4-7(8)5-6(2)3;1-4(2)6(7-10)5(9)3-8;/h6-8,10-11H,1-5H3;6-9H,5H2,1-4H3;5-6,10H,4H2,1-3H3;5-9H,4H2,1-3H3;5-6,8H,4H2,1-3H3;6-8H,4-5H2,1-3H3;4-5,8-10H,3H2,1-2H3;1H4/b;;;;;;7-6-;. The topological polar surface area (TPSA) is 252 Å². The summed E-state index contributed by atoms with van der Waals surface area (Å²) in [5.41, 5.74) is -0.00347. The number of carbonyl (C=O) groups excluding carboxylic acids is 1. The Balaban J connectivity index is -0.000000101.